The molecule has 2 aliphatic heterocycles. The van der Waals surface area contributed by atoms with Crippen LogP contribution in [0.1, 0.15) is 72.6 Å². The van der Waals surface area contributed by atoms with Crippen LogP contribution < -0.4 is 0 Å². The van der Waals surface area contributed by atoms with Gasteiger partial charge in [-0.1, -0.05) is 34.1 Å². The van der Waals surface area contributed by atoms with Crippen molar-refractivity contribution in [1.29, 1.82) is 0 Å². The van der Waals surface area contributed by atoms with E-state index in [2.05, 4.69) is 20.8 Å². The number of hydrogen-bond acceptors (Lipinski definition) is 4. The lowest BCUT2D eigenvalue weighted by molar-refractivity contribution is -0.157. The molecule has 0 aromatic rings. The molecule has 4 unspecified atom stereocenters. The summed E-state index contributed by atoms with van der Waals surface area (Å²) in [6, 6.07) is 0. The molecule has 0 aliphatic carbocycles. The summed E-state index contributed by atoms with van der Waals surface area (Å²) in [5.74, 6) is 0.760. The van der Waals surface area contributed by atoms with Gasteiger partial charge in [-0.15, -0.1) is 0 Å². The zero-order chi connectivity index (χ0) is 15.8. The lowest BCUT2D eigenvalue weighted by atomic mass is 9.92. The van der Waals surface area contributed by atoms with Crippen molar-refractivity contribution >= 4 is 11.9 Å². The first kappa shape index (κ1) is 18.0. The second kappa shape index (κ2) is 9.06. The Kier molecular flexibility index (Phi) is 7.76. The summed E-state index contributed by atoms with van der Waals surface area (Å²) in [5, 5.41) is 0. The van der Waals surface area contributed by atoms with Crippen LogP contribution in [0, 0.1) is 11.8 Å². The van der Waals surface area contributed by atoms with Gasteiger partial charge in [0.1, 0.15) is 12.2 Å². The third kappa shape index (κ3) is 5.68. The third-order valence-corrected chi connectivity index (χ3v) is 4.49. The maximum absolute atomic E-state index is 11.0. The molecular weight excluding hydrogens is 268 g/mol. The highest BCUT2D eigenvalue weighted by Crippen LogP contribution is 2.25. The molecule has 21 heavy (non-hydrogen) atoms. The van der Waals surface area contributed by atoms with E-state index in [-0.39, 0.29) is 30.1 Å². The Morgan fingerprint density at radius 1 is 0.857 bits per heavy atom. The van der Waals surface area contributed by atoms with Crippen molar-refractivity contribution in [2.24, 2.45) is 11.8 Å². The van der Waals surface area contributed by atoms with E-state index >= 15 is 0 Å². The predicted octanol–water partition coefficient (Wildman–Crippen LogP) is 3.87. The molecule has 4 atom stereocenters. The Morgan fingerprint density at radius 3 is 1.90 bits per heavy atom. The van der Waals surface area contributed by atoms with Gasteiger partial charge in [0.2, 0.25) is 0 Å². The average Bonchev–Trinajstić information content (AvgIpc) is 2.87. The van der Waals surface area contributed by atoms with Gasteiger partial charge >= 0.3 is 11.9 Å². The molecule has 122 valence electrons. The number of rotatable bonds is 4. The van der Waals surface area contributed by atoms with Gasteiger partial charge in [0.25, 0.3) is 0 Å². The Hall–Kier alpha value is -1.06. The van der Waals surface area contributed by atoms with Crippen molar-refractivity contribution in [2.45, 2.75) is 84.8 Å². The van der Waals surface area contributed by atoms with Gasteiger partial charge in [-0.05, 0) is 38.0 Å². The molecular formula is C17H30O4. The van der Waals surface area contributed by atoms with Gasteiger partial charge in [0.05, 0.1) is 5.92 Å². The molecule has 4 nitrogen and oxygen atoms in total. The molecule has 2 fully saturated rings. The topological polar surface area (TPSA) is 52.6 Å². The highest BCUT2D eigenvalue weighted by Gasteiger charge is 2.31. The zero-order valence-electron chi connectivity index (χ0n) is 13.9. The van der Waals surface area contributed by atoms with Gasteiger partial charge in [0, 0.05) is 6.42 Å². The molecule has 2 saturated heterocycles. The molecule has 0 aromatic heterocycles. The highest BCUT2D eigenvalue weighted by molar-refractivity contribution is 5.74. The summed E-state index contributed by atoms with van der Waals surface area (Å²) in [6.45, 7) is 8.28. The van der Waals surface area contributed by atoms with E-state index in [1.807, 2.05) is 6.92 Å². The lowest BCUT2D eigenvalue weighted by Crippen LogP contribution is -2.28. The number of carbonyl (C=O) groups is 2. The van der Waals surface area contributed by atoms with Crippen LogP contribution in [-0.2, 0) is 19.1 Å². The molecule has 2 rings (SSSR count). The summed E-state index contributed by atoms with van der Waals surface area (Å²) in [4.78, 5) is 21.9. The van der Waals surface area contributed by atoms with Crippen molar-refractivity contribution in [2.75, 3.05) is 0 Å². The SMILES string of the molecule is CCC1CC(=O)OC(CC)C1.CCC1CC(CC)C(=O)O1. The molecule has 0 bridgehead atoms. The van der Waals surface area contributed by atoms with Crippen LogP contribution in [0.4, 0.5) is 0 Å². The lowest BCUT2D eigenvalue weighted by Gasteiger charge is -2.27. The van der Waals surface area contributed by atoms with E-state index in [4.69, 9.17) is 9.47 Å². The minimum atomic E-state index is -0.00468. The second-order valence-corrected chi connectivity index (χ2v) is 6.04. The Balaban J connectivity index is 0.000000211. The standard InChI is InChI=1S/C9H16O2.C8H14O2/c1-3-7-5-8(4-2)11-9(10)6-7;1-3-6-5-7(4-2)10-8(6)9/h7-8H,3-6H2,1-2H3;6-7H,3-5H2,1-2H3. The summed E-state index contributed by atoms with van der Waals surface area (Å²) >= 11 is 0. The number of esters is 2. The fraction of sp³-hybridized carbons (Fsp3) is 0.882. The molecule has 2 heterocycles. The van der Waals surface area contributed by atoms with Crippen molar-refractivity contribution in [3.63, 3.8) is 0 Å². The molecule has 0 N–H and O–H groups in total. The number of cyclic esters (lactones) is 2. The Bertz CT molecular complexity index is 326. The van der Waals surface area contributed by atoms with Crippen molar-refractivity contribution in [1.82, 2.24) is 0 Å². The van der Waals surface area contributed by atoms with Crippen LogP contribution in [-0.4, -0.2) is 24.1 Å². The van der Waals surface area contributed by atoms with Crippen LogP contribution in [0.3, 0.4) is 0 Å². The normalized spacial score (nSPS) is 32.0. The Morgan fingerprint density at radius 2 is 1.48 bits per heavy atom. The highest BCUT2D eigenvalue weighted by atomic mass is 16.6. The van der Waals surface area contributed by atoms with Gasteiger partial charge in [-0.3, -0.25) is 9.59 Å². The van der Waals surface area contributed by atoms with Crippen LogP contribution in [0.15, 0.2) is 0 Å². The third-order valence-electron chi connectivity index (χ3n) is 4.49. The first-order chi connectivity index (χ1) is 10.0. The monoisotopic (exact) mass is 298 g/mol. The van der Waals surface area contributed by atoms with Crippen LogP contribution in [0.25, 0.3) is 0 Å². The van der Waals surface area contributed by atoms with Crippen LogP contribution in [0.2, 0.25) is 0 Å². The van der Waals surface area contributed by atoms with E-state index in [0.717, 1.165) is 38.5 Å². The van der Waals surface area contributed by atoms with Gasteiger partial charge in [-0.25, -0.2) is 0 Å². The minimum Gasteiger partial charge on any atom is -0.462 e. The first-order valence-electron chi connectivity index (χ1n) is 8.43. The van der Waals surface area contributed by atoms with Crippen molar-refractivity contribution in [3.05, 3.63) is 0 Å². The van der Waals surface area contributed by atoms with E-state index in [0.29, 0.717) is 12.3 Å². The van der Waals surface area contributed by atoms with Crippen molar-refractivity contribution < 1.29 is 19.1 Å². The molecule has 0 spiro atoms. The van der Waals surface area contributed by atoms with Gasteiger partial charge < -0.3 is 9.47 Å². The smallest absolute Gasteiger partial charge is 0.309 e. The average molecular weight is 298 g/mol. The van der Waals surface area contributed by atoms with E-state index < -0.39 is 0 Å². The Labute approximate surface area is 128 Å². The molecule has 0 saturated carbocycles. The minimum absolute atomic E-state index is 0.00468. The van der Waals surface area contributed by atoms with Crippen molar-refractivity contribution in [3.8, 4) is 0 Å². The molecule has 4 heteroatoms. The molecule has 0 amide bonds. The summed E-state index contributed by atoms with van der Waals surface area (Å²) in [7, 11) is 0. The van der Waals surface area contributed by atoms with Gasteiger partial charge in [0.15, 0.2) is 0 Å². The second-order valence-electron chi connectivity index (χ2n) is 6.04. The number of carbonyl (C=O) groups excluding carboxylic acids is 2. The van der Waals surface area contributed by atoms with E-state index in [1.165, 1.54) is 0 Å². The summed E-state index contributed by atoms with van der Waals surface area (Å²) in [6.07, 6.45) is 6.99. The molecule has 0 radical (unpaired) electrons. The zero-order valence-corrected chi connectivity index (χ0v) is 13.9. The predicted molar refractivity (Wildman–Crippen MR) is 81.8 cm³/mol. The first-order valence-corrected chi connectivity index (χ1v) is 8.43. The maximum atomic E-state index is 11.0. The fourth-order valence-electron chi connectivity index (χ4n) is 2.84. The number of hydrogen-bond donors (Lipinski definition) is 0. The number of ether oxygens (including phenoxy) is 2. The largest absolute Gasteiger partial charge is 0.462 e. The van der Waals surface area contributed by atoms with Crippen LogP contribution in [0.5, 0.6) is 0 Å². The summed E-state index contributed by atoms with van der Waals surface area (Å²) in [5.41, 5.74) is 0. The van der Waals surface area contributed by atoms with Crippen LogP contribution >= 0.6 is 0 Å². The quantitative estimate of drug-likeness (QED) is 0.739. The van der Waals surface area contributed by atoms with E-state index in [1.54, 1.807) is 0 Å². The van der Waals surface area contributed by atoms with E-state index in [9.17, 15) is 9.59 Å². The maximum Gasteiger partial charge on any atom is 0.309 e. The van der Waals surface area contributed by atoms with Gasteiger partial charge in [-0.2, -0.15) is 0 Å². The fourth-order valence-corrected chi connectivity index (χ4v) is 2.84. The molecule has 0 aromatic carbocycles. The summed E-state index contributed by atoms with van der Waals surface area (Å²) < 4.78 is 10.2. The molecule has 2 aliphatic rings.